The van der Waals surface area contributed by atoms with Gasteiger partial charge < -0.3 is 29.6 Å². The summed E-state index contributed by atoms with van der Waals surface area (Å²) in [6.45, 7) is 0.364. The molecule has 12 nitrogen and oxygen atoms in total. The highest BCUT2D eigenvalue weighted by Gasteiger charge is 2.40. The van der Waals surface area contributed by atoms with Gasteiger partial charge in [0.1, 0.15) is 34.7 Å². The number of nitrogens with zero attached hydrogens (tertiary/aromatic N) is 4. The average molecular weight is 678 g/mol. The third kappa shape index (κ3) is 7.72. The molecule has 1 unspecified atom stereocenters. The molecular weight excluding hydrogens is 646 g/mol. The number of aliphatic hydroxyl groups excluding tert-OH is 1. The van der Waals surface area contributed by atoms with Gasteiger partial charge in [-0.3, -0.25) is 9.09 Å². The van der Waals surface area contributed by atoms with Gasteiger partial charge in [-0.25, -0.2) is 14.5 Å². The lowest BCUT2D eigenvalue weighted by Gasteiger charge is -2.33. The van der Waals surface area contributed by atoms with Crippen molar-refractivity contribution in [3.63, 3.8) is 0 Å². The second kappa shape index (κ2) is 14.4. The van der Waals surface area contributed by atoms with Crippen LogP contribution in [0, 0.1) is 0 Å². The summed E-state index contributed by atoms with van der Waals surface area (Å²) in [7, 11) is -0.522. The molecule has 0 spiro atoms. The van der Waals surface area contributed by atoms with E-state index in [0.29, 0.717) is 40.1 Å². The molecule has 0 amide bonds. The fourth-order valence-electron chi connectivity index (χ4n) is 4.85. The number of ether oxygens (including phenoxy) is 3. The average Bonchev–Trinajstić information content (AvgIpc) is 3.61. The van der Waals surface area contributed by atoms with Crippen molar-refractivity contribution in [1.82, 2.24) is 19.5 Å². The first-order valence-corrected chi connectivity index (χ1v) is 18.6. The maximum Gasteiger partial charge on any atom is 0.405 e. The van der Waals surface area contributed by atoms with Crippen LogP contribution in [0.4, 0.5) is 5.95 Å². The first-order valence-electron chi connectivity index (χ1n) is 13.9. The number of nitrogen functional groups attached to an aromatic ring is 1. The van der Waals surface area contributed by atoms with Crippen LogP contribution in [0.5, 0.6) is 5.75 Å². The van der Waals surface area contributed by atoms with Gasteiger partial charge in [-0.05, 0) is 17.7 Å². The zero-order valence-corrected chi connectivity index (χ0v) is 26.9. The van der Waals surface area contributed by atoms with E-state index >= 15 is 0 Å². The van der Waals surface area contributed by atoms with Crippen molar-refractivity contribution >= 4 is 58.9 Å². The van der Waals surface area contributed by atoms with E-state index in [1.54, 1.807) is 56.7 Å². The normalized spacial score (nSPS) is 25.2. The third-order valence-electron chi connectivity index (χ3n) is 7.02. The topological polar surface area (TPSA) is 153 Å². The van der Waals surface area contributed by atoms with Crippen LogP contribution in [0.3, 0.4) is 0 Å². The van der Waals surface area contributed by atoms with Gasteiger partial charge in [0.15, 0.2) is 12.0 Å². The molecule has 4 aromatic rings. The molecule has 234 valence electrons. The first-order chi connectivity index (χ1) is 21.4. The van der Waals surface area contributed by atoms with Crippen molar-refractivity contribution in [3.05, 3.63) is 72.6 Å². The number of aromatic nitrogens is 4. The van der Waals surface area contributed by atoms with Crippen LogP contribution in [0.1, 0.15) is 18.2 Å². The predicted octanol–water partition coefficient (Wildman–Crippen LogP) is 4.96. The fraction of sp³-hybridized carbons (Fsp3) is 0.393. The number of thiol groups is 1. The zero-order valence-electron chi connectivity index (χ0n) is 23.5. The summed E-state index contributed by atoms with van der Waals surface area (Å²) in [4.78, 5) is 12.6. The lowest BCUT2D eigenvalue weighted by molar-refractivity contribution is -0.0583. The Labute approximate surface area is 267 Å². The molecule has 0 radical (unpaired) electrons. The zero-order chi connectivity index (χ0) is 30.5. The number of benzene rings is 2. The quantitative estimate of drug-likeness (QED) is 0.0803. The van der Waals surface area contributed by atoms with Crippen LogP contribution >= 0.6 is 41.8 Å². The van der Waals surface area contributed by atoms with Crippen molar-refractivity contribution in [2.24, 2.45) is 0 Å². The number of nitrogens with two attached hydrogens (primary N) is 1. The molecule has 0 aliphatic carbocycles. The number of fused-ring (bicyclic) bond motifs is 1. The molecule has 0 bridgehead atoms. The van der Waals surface area contributed by atoms with E-state index < -0.39 is 32.1 Å². The molecule has 44 heavy (non-hydrogen) atoms. The Morgan fingerprint density at radius 2 is 1.80 bits per heavy atom. The monoisotopic (exact) mass is 677 g/mol. The number of hydrogen-bond acceptors (Lipinski definition) is 14. The van der Waals surface area contributed by atoms with E-state index in [1.165, 1.54) is 0 Å². The van der Waals surface area contributed by atoms with E-state index in [0.717, 1.165) is 5.56 Å². The molecule has 2 aromatic carbocycles. The minimum atomic E-state index is -3.84. The van der Waals surface area contributed by atoms with Crippen molar-refractivity contribution in [3.8, 4) is 5.75 Å². The Bertz CT molecular complexity index is 1590. The molecule has 2 aliphatic rings. The molecule has 3 N–H and O–H groups in total. The molecule has 2 fully saturated rings. The largest absolute Gasteiger partial charge is 0.423 e. The van der Waals surface area contributed by atoms with Crippen LogP contribution < -0.4 is 10.3 Å². The lowest BCUT2D eigenvalue weighted by atomic mass is 10.2. The molecule has 2 aromatic heterocycles. The smallest absolute Gasteiger partial charge is 0.405 e. The number of rotatable bonds is 12. The van der Waals surface area contributed by atoms with Crippen LogP contribution in [-0.2, 0) is 29.9 Å². The highest BCUT2D eigenvalue weighted by Crippen LogP contribution is 2.52. The summed E-state index contributed by atoms with van der Waals surface area (Å²) >= 11 is 4.32. The van der Waals surface area contributed by atoms with Crippen molar-refractivity contribution < 1.29 is 32.9 Å². The lowest BCUT2D eigenvalue weighted by Crippen LogP contribution is -2.38. The molecule has 0 saturated carbocycles. The van der Waals surface area contributed by atoms with E-state index in [1.807, 2.05) is 36.4 Å². The van der Waals surface area contributed by atoms with E-state index in [-0.39, 0.29) is 31.4 Å². The molecule has 2 aliphatic heterocycles. The van der Waals surface area contributed by atoms with Gasteiger partial charge >= 0.3 is 7.60 Å². The van der Waals surface area contributed by atoms with Crippen molar-refractivity contribution in [2.75, 3.05) is 30.2 Å². The maximum atomic E-state index is 14.2. The molecule has 2 saturated heterocycles. The van der Waals surface area contributed by atoms with Crippen LogP contribution in [-0.4, -0.2) is 73.5 Å². The maximum absolute atomic E-state index is 14.2. The Hall–Kier alpha value is -2.33. The SMILES string of the molecule is Nc1nc(S)c2ncn([C@H]3C[C@H](O)[C@@H](COCP(=O)(Oc4ccccc4)O[C@H]4CSSC[C@@H]4OCc4ccccc4)O3)c2n1. The molecular formula is C28H32N5O7PS3. The Kier molecular flexibility index (Phi) is 10.4. The predicted molar refractivity (Wildman–Crippen MR) is 172 cm³/mol. The number of hydrogen-bond donors (Lipinski definition) is 3. The summed E-state index contributed by atoms with van der Waals surface area (Å²) < 4.78 is 46.3. The molecule has 6 atom stereocenters. The minimum Gasteiger partial charge on any atom is -0.423 e. The molecule has 6 rings (SSSR count). The fourth-order valence-corrected chi connectivity index (χ4v) is 9.20. The van der Waals surface area contributed by atoms with Gasteiger partial charge in [-0.1, -0.05) is 70.1 Å². The standard InChI is InChI=1S/C28H32N5O7PS3/c29-28-31-26-25(27(42)32-28)30-16-33(26)24-11-20(34)21(38-24)13-36-17-41(35,39-19-9-5-2-6-10-19)40-23-15-44-43-14-22(23)37-12-18-7-3-1-4-8-18/h1-10,16,20-24,34H,11-15,17H2,(H3,29,31,32,42)/t20-,21+,22-,23-,24+,41?/m0/s1. The van der Waals surface area contributed by atoms with E-state index in [4.69, 9.17) is 29.0 Å². The van der Waals surface area contributed by atoms with Gasteiger partial charge in [-0.2, -0.15) is 4.98 Å². The van der Waals surface area contributed by atoms with Crippen molar-refractivity contribution in [1.29, 1.82) is 0 Å². The van der Waals surface area contributed by atoms with Crippen LogP contribution in [0.15, 0.2) is 72.0 Å². The van der Waals surface area contributed by atoms with Crippen molar-refractivity contribution in [2.45, 2.75) is 48.7 Å². The van der Waals surface area contributed by atoms with E-state index in [9.17, 15) is 9.67 Å². The summed E-state index contributed by atoms with van der Waals surface area (Å²) in [6, 6.07) is 18.7. The Balaban J connectivity index is 1.11. The number of anilines is 1. The number of para-hydroxylation sites is 1. The summed E-state index contributed by atoms with van der Waals surface area (Å²) in [6.07, 6.45) is -1.46. The second-order valence-corrected chi connectivity index (χ2v) is 15.1. The summed E-state index contributed by atoms with van der Waals surface area (Å²) in [5, 5.41) is 11.1. The summed E-state index contributed by atoms with van der Waals surface area (Å²) in [5.74, 6) is 1.69. The van der Waals surface area contributed by atoms with Gasteiger partial charge in [0.25, 0.3) is 0 Å². The highest BCUT2D eigenvalue weighted by molar-refractivity contribution is 8.76. The number of imidazole rings is 1. The third-order valence-corrected chi connectivity index (χ3v) is 11.3. The van der Waals surface area contributed by atoms with Gasteiger partial charge in [-0.15, -0.1) is 12.6 Å². The van der Waals surface area contributed by atoms with Crippen LogP contribution in [0.2, 0.25) is 0 Å². The first kappa shape index (κ1) is 31.6. The molecule has 16 heteroatoms. The van der Waals surface area contributed by atoms with Gasteiger partial charge in [0.2, 0.25) is 5.95 Å². The second-order valence-electron chi connectivity index (χ2n) is 10.2. The number of aliphatic hydroxyl groups is 1. The van der Waals surface area contributed by atoms with Gasteiger partial charge in [0.05, 0.1) is 31.7 Å². The Morgan fingerprint density at radius 3 is 2.57 bits per heavy atom. The molecule has 4 heterocycles. The minimum absolute atomic E-state index is 0.0477. The van der Waals surface area contributed by atoms with Gasteiger partial charge in [0, 0.05) is 17.9 Å². The van der Waals surface area contributed by atoms with Crippen LogP contribution in [0.25, 0.3) is 11.2 Å². The Morgan fingerprint density at radius 1 is 1.07 bits per heavy atom. The summed E-state index contributed by atoms with van der Waals surface area (Å²) in [5.41, 5.74) is 7.77. The van der Waals surface area contributed by atoms with E-state index in [2.05, 4.69) is 27.6 Å². The highest BCUT2D eigenvalue weighted by atomic mass is 33.1.